The monoisotopic (exact) mass is 227 g/mol. The average molecular weight is 227 g/mol. The number of nitrogens with one attached hydrogen (secondary N) is 1. The zero-order chi connectivity index (χ0) is 11.5. The zero-order valence-electron chi connectivity index (χ0n) is 8.65. The van der Waals surface area contributed by atoms with Gasteiger partial charge in [0.05, 0.1) is 11.4 Å². The fraction of sp³-hybridized carbons (Fsp3) is 0.300. The van der Waals surface area contributed by atoms with Gasteiger partial charge in [0.15, 0.2) is 0 Å². The molecule has 0 bridgehead atoms. The third kappa shape index (κ3) is 3.14. The summed E-state index contributed by atoms with van der Waals surface area (Å²) in [6, 6.07) is 6.63. The van der Waals surface area contributed by atoms with Gasteiger partial charge >= 0.3 is 0 Å². The molecule has 4 nitrogen and oxygen atoms in total. The van der Waals surface area contributed by atoms with E-state index in [4.69, 9.17) is 0 Å². The number of hydrogen-bond donors (Lipinski definition) is 1. The maximum atomic E-state index is 11.7. The molecule has 0 saturated heterocycles. The third-order valence-electron chi connectivity index (χ3n) is 1.89. The Kier molecular flexibility index (Phi) is 3.60. The van der Waals surface area contributed by atoms with Crippen molar-refractivity contribution in [2.24, 2.45) is 0 Å². The molecule has 1 N–H and O–H groups in total. The van der Waals surface area contributed by atoms with Crippen molar-refractivity contribution in [2.45, 2.75) is 18.7 Å². The minimum absolute atomic E-state index is 0.170. The highest BCUT2D eigenvalue weighted by molar-refractivity contribution is 7.89. The Balaban J connectivity index is 2.97. The summed E-state index contributed by atoms with van der Waals surface area (Å²) in [5.74, 6) is -0.216. The Morgan fingerprint density at radius 1 is 1.33 bits per heavy atom. The SMILES string of the molecule is CC(=O)CNS(=O)(=O)c1ccccc1C. The van der Waals surface area contributed by atoms with Crippen LogP contribution >= 0.6 is 0 Å². The molecule has 0 aliphatic rings. The second-order valence-corrected chi connectivity index (χ2v) is 5.03. The lowest BCUT2D eigenvalue weighted by molar-refractivity contribution is -0.115. The molecule has 0 aliphatic carbocycles. The summed E-state index contributed by atoms with van der Waals surface area (Å²) in [7, 11) is -3.56. The van der Waals surface area contributed by atoms with Gasteiger partial charge in [0.25, 0.3) is 0 Å². The van der Waals surface area contributed by atoms with Gasteiger partial charge in [-0.15, -0.1) is 0 Å². The van der Waals surface area contributed by atoms with Crippen molar-refractivity contribution in [1.29, 1.82) is 0 Å². The summed E-state index contributed by atoms with van der Waals surface area (Å²) in [6.07, 6.45) is 0. The largest absolute Gasteiger partial charge is 0.299 e. The van der Waals surface area contributed by atoms with Crippen molar-refractivity contribution < 1.29 is 13.2 Å². The summed E-state index contributed by atoms with van der Waals surface area (Å²) in [5.41, 5.74) is 0.661. The van der Waals surface area contributed by atoms with Crippen LogP contribution in [0.5, 0.6) is 0 Å². The van der Waals surface area contributed by atoms with Gasteiger partial charge in [-0.2, -0.15) is 0 Å². The van der Waals surface area contributed by atoms with E-state index in [0.29, 0.717) is 5.56 Å². The molecule has 0 aromatic heterocycles. The minimum atomic E-state index is -3.56. The van der Waals surface area contributed by atoms with E-state index in [1.807, 2.05) is 0 Å². The molecule has 1 aromatic carbocycles. The second-order valence-electron chi connectivity index (χ2n) is 3.29. The predicted octanol–water partition coefficient (Wildman–Crippen LogP) is 0.862. The molecule has 15 heavy (non-hydrogen) atoms. The number of Topliss-reactive ketones (excluding diaryl/α,β-unsaturated/α-hetero) is 1. The third-order valence-corrected chi connectivity index (χ3v) is 3.46. The lowest BCUT2D eigenvalue weighted by atomic mass is 10.2. The maximum Gasteiger partial charge on any atom is 0.241 e. The standard InChI is InChI=1S/C10H13NO3S/c1-8-5-3-4-6-10(8)15(13,14)11-7-9(2)12/h3-6,11H,7H2,1-2H3. The molecule has 0 spiro atoms. The average Bonchev–Trinajstić information content (AvgIpc) is 2.15. The fourth-order valence-corrected chi connectivity index (χ4v) is 2.43. The van der Waals surface area contributed by atoms with Crippen molar-refractivity contribution in [3.05, 3.63) is 29.8 Å². The van der Waals surface area contributed by atoms with Crippen LogP contribution < -0.4 is 4.72 Å². The van der Waals surface area contributed by atoms with Crippen molar-refractivity contribution in [1.82, 2.24) is 4.72 Å². The van der Waals surface area contributed by atoms with Crippen LogP contribution in [0.15, 0.2) is 29.2 Å². The van der Waals surface area contributed by atoms with Crippen LogP contribution in [-0.4, -0.2) is 20.7 Å². The van der Waals surface area contributed by atoms with Crippen LogP contribution in [0.2, 0.25) is 0 Å². The van der Waals surface area contributed by atoms with Gasteiger partial charge in [-0.1, -0.05) is 18.2 Å². The number of benzene rings is 1. The summed E-state index contributed by atoms with van der Waals surface area (Å²) in [6.45, 7) is 2.87. The summed E-state index contributed by atoms with van der Waals surface area (Å²) in [5, 5.41) is 0. The smallest absolute Gasteiger partial charge is 0.241 e. The molecule has 0 heterocycles. The molecule has 0 radical (unpaired) electrons. The van der Waals surface area contributed by atoms with Crippen LogP contribution in [0, 0.1) is 6.92 Å². The Hall–Kier alpha value is -1.20. The van der Waals surface area contributed by atoms with E-state index in [2.05, 4.69) is 4.72 Å². The molecule has 1 rings (SSSR count). The first kappa shape index (κ1) is 11.9. The van der Waals surface area contributed by atoms with E-state index in [0.717, 1.165) is 0 Å². The van der Waals surface area contributed by atoms with E-state index in [1.165, 1.54) is 13.0 Å². The summed E-state index contributed by atoms with van der Waals surface area (Å²) < 4.78 is 25.6. The van der Waals surface area contributed by atoms with Gasteiger partial charge in [-0.05, 0) is 25.5 Å². The van der Waals surface area contributed by atoms with Crippen LogP contribution in [0.1, 0.15) is 12.5 Å². The van der Waals surface area contributed by atoms with E-state index < -0.39 is 10.0 Å². The minimum Gasteiger partial charge on any atom is -0.299 e. The lowest BCUT2D eigenvalue weighted by Crippen LogP contribution is -2.28. The Morgan fingerprint density at radius 2 is 1.93 bits per heavy atom. The number of carbonyl (C=O) groups excluding carboxylic acids is 1. The van der Waals surface area contributed by atoms with E-state index >= 15 is 0 Å². The lowest BCUT2D eigenvalue weighted by Gasteiger charge is -2.07. The number of sulfonamides is 1. The summed E-state index contributed by atoms with van der Waals surface area (Å²) in [4.78, 5) is 10.9. The van der Waals surface area contributed by atoms with Crippen LogP contribution in [-0.2, 0) is 14.8 Å². The van der Waals surface area contributed by atoms with Crippen LogP contribution in [0.3, 0.4) is 0 Å². The van der Waals surface area contributed by atoms with E-state index in [1.54, 1.807) is 25.1 Å². The summed E-state index contributed by atoms with van der Waals surface area (Å²) >= 11 is 0. The molecule has 5 heteroatoms. The topological polar surface area (TPSA) is 63.2 Å². The van der Waals surface area contributed by atoms with Crippen LogP contribution in [0.4, 0.5) is 0 Å². The van der Waals surface area contributed by atoms with Crippen molar-refractivity contribution in [3.8, 4) is 0 Å². The van der Waals surface area contributed by atoms with Crippen LogP contribution in [0.25, 0.3) is 0 Å². The van der Waals surface area contributed by atoms with Crippen molar-refractivity contribution in [2.75, 3.05) is 6.54 Å². The zero-order valence-corrected chi connectivity index (χ0v) is 9.47. The normalized spacial score (nSPS) is 11.3. The number of hydrogen-bond acceptors (Lipinski definition) is 3. The molecule has 82 valence electrons. The number of aryl methyl sites for hydroxylation is 1. The molecule has 0 amide bonds. The van der Waals surface area contributed by atoms with Gasteiger partial charge in [0, 0.05) is 0 Å². The fourth-order valence-electron chi connectivity index (χ4n) is 1.13. The first-order valence-electron chi connectivity index (χ1n) is 4.48. The van der Waals surface area contributed by atoms with E-state index in [9.17, 15) is 13.2 Å². The molecular weight excluding hydrogens is 214 g/mol. The maximum absolute atomic E-state index is 11.7. The molecule has 0 aliphatic heterocycles. The van der Waals surface area contributed by atoms with Gasteiger partial charge < -0.3 is 0 Å². The first-order chi connectivity index (χ1) is 6.93. The molecule has 1 aromatic rings. The van der Waals surface area contributed by atoms with Gasteiger partial charge in [0.2, 0.25) is 10.0 Å². The second kappa shape index (κ2) is 4.55. The highest BCUT2D eigenvalue weighted by atomic mass is 32.2. The van der Waals surface area contributed by atoms with E-state index in [-0.39, 0.29) is 17.2 Å². The van der Waals surface area contributed by atoms with Gasteiger partial charge in [0.1, 0.15) is 5.78 Å². The quantitative estimate of drug-likeness (QED) is 0.829. The molecule has 0 saturated carbocycles. The highest BCUT2D eigenvalue weighted by Crippen LogP contribution is 2.13. The Morgan fingerprint density at radius 3 is 2.47 bits per heavy atom. The molecule has 0 unspecified atom stereocenters. The Labute approximate surface area is 89.4 Å². The number of rotatable bonds is 4. The van der Waals surface area contributed by atoms with Gasteiger partial charge in [-0.25, -0.2) is 13.1 Å². The van der Waals surface area contributed by atoms with Crippen molar-refractivity contribution >= 4 is 15.8 Å². The van der Waals surface area contributed by atoms with Gasteiger partial charge in [-0.3, -0.25) is 4.79 Å². The molecule has 0 fully saturated rings. The van der Waals surface area contributed by atoms with Crippen molar-refractivity contribution in [3.63, 3.8) is 0 Å². The molecule has 0 atom stereocenters. The number of carbonyl (C=O) groups is 1. The molecular formula is C10H13NO3S. The number of ketones is 1. The Bertz CT molecular complexity index is 465. The predicted molar refractivity (Wildman–Crippen MR) is 57.0 cm³/mol. The highest BCUT2D eigenvalue weighted by Gasteiger charge is 2.15. The first-order valence-corrected chi connectivity index (χ1v) is 5.96.